The monoisotopic (exact) mass is 424 g/mol. The molecule has 29 heavy (non-hydrogen) atoms. The Morgan fingerprint density at radius 1 is 1.10 bits per heavy atom. The summed E-state index contributed by atoms with van der Waals surface area (Å²) in [5.74, 6) is -0.874. The number of carbonyl (C=O) groups is 2. The number of esters is 1. The molecule has 162 valence electrons. The van der Waals surface area contributed by atoms with Gasteiger partial charge in [-0.2, -0.15) is 4.31 Å². The van der Waals surface area contributed by atoms with Crippen LogP contribution in [0, 0.1) is 5.41 Å². The lowest BCUT2D eigenvalue weighted by Crippen LogP contribution is -2.31. The van der Waals surface area contributed by atoms with Gasteiger partial charge >= 0.3 is 5.97 Å². The van der Waals surface area contributed by atoms with Gasteiger partial charge in [0.2, 0.25) is 10.0 Å². The van der Waals surface area contributed by atoms with Crippen LogP contribution in [-0.4, -0.2) is 57.3 Å². The highest BCUT2D eigenvalue weighted by Crippen LogP contribution is 2.29. The normalized spacial score (nSPS) is 15.0. The molecule has 1 aliphatic rings. The van der Waals surface area contributed by atoms with E-state index in [-0.39, 0.29) is 22.8 Å². The predicted octanol–water partition coefficient (Wildman–Crippen LogP) is 3.09. The molecule has 2 rings (SSSR count). The molecule has 1 aliphatic heterocycles. The van der Waals surface area contributed by atoms with Gasteiger partial charge in [0.15, 0.2) is 12.4 Å². The van der Waals surface area contributed by atoms with Gasteiger partial charge in [-0.1, -0.05) is 34.6 Å². The molecule has 0 saturated carbocycles. The zero-order valence-corrected chi connectivity index (χ0v) is 18.8. The van der Waals surface area contributed by atoms with Crippen molar-refractivity contribution in [3.05, 3.63) is 23.8 Å². The van der Waals surface area contributed by atoms with Crippen LogP contribution in [0.1, 0.15) is 57.8 Å². The average Bonchev–Trinajstić information content (AvgIpc) is 3.19. The zero-order chi connectivity index (χ0) is 21.8. The van der Waals surface area contributed by atoms with Crippen molar-refractivity contribution in [1.29, 1.82) is 0 Å². The van der Waals surface area contributed by atoms with E-state index in [1.165, 1.54) is 10.4 Å². The maximum atomic E-state index is 12.9. The van der Waals surface area contributed by atoms with Crippen molar-refractivity contribution in [2.24, 2.45) is 5.41 Å². The number of benzene rings is 1. The van der Waals surface area contributed by atoms with Gasteiger partial charge in [0.05, 0.1) is 16.1 Å². The summed E-state index contributed by atoms with van der Waals surface area (Å²) in [5.41, 5.74) is 0.211. The lowest BCUT2D eigenvalue weighted by molar-refractivity contribution is -0.129. The second kappa shape index (κ2) is 9.26. The average molecular weight is 425 g/mol. The van der Waals surface area contributed by atoms with Gasteiger partial charge in [-0.25, -0.2) is 13.2 Å². The van der Waals surface area contributed by atoms with Crippen molar-refractivity contribution in [1.82, 2.24) is 4.31 Å². The predicted molar refractivity (Wildman–Crippen MR) is 113 cm³/mol. The molecule has 0 bridgehead atoms. The first-order valence-corrected chi connectivity index (χ1v) is 11.6. The van der Waals surface area contributed by atoms with E-state index >= 15 is 0 Å². The molecule has 8 heteroatoms. The first-order valence-electron chi connectivity index (χ1n) is 10.1. The van der Waals surface area contributed by atoms with Crippen LogP contribution in [-0.2, 0) is 19.6 Å². The van der Waals surface area contributed by atoms with Crippen molar-refractivity contribution < 1.29 is 22.7 Å². The number of nitrogens with zero attached hydrogens (tertiary/aromatic N) is 2. The second-order valence-electron chi connectivity index (χ2n) is 8.21. The van der Waals surface area contributed by atoms with Crippen molar-refractivity contribution >= 4 is 27.5 Å². The highest BCUT2D eigenvalue weighted by molar-refractivity contribution is 7.89. The number of hydrogen-bond donors (Lipinski definition) is 0. The van der Waals surface area contributed by atoms with Gasteiger partial charge < -0.3 is 9.64 Å². The van der Waals surface area contributed by atoms with Crippen LogP contribution in [0.15, 0.2) is 23.1 Å². The Bertz CT molecular complexity index is 848. The molecule has 0 radical (unpaired) electrons. The Hall–Kier alpha value is -1.93. The molecular formula is C21H32N2O5S. The van der Waals surface area contributed by atoms with Crippen LogP contribution < -0.4 is 4.90 Å². The Morgan fingerprint density at radius 3 is 2.21 bits per heavy atom. The summed E-state index contributed by atoms with van der Waals surface area (Å²) >= 11 is 0. The van der Waals surface area contributed by atoms with Crippen molar-refractivity contribution in [2.45, 2.75) is 52.4 Å². The fourth-order valence-corrected chi connectivity index (χ4v) is 4.70. The van der Waals surface area contributed by atoms with Crippen LogP contribution in [0.2, 0.25) is 0 Å². The molecule has 0 aliphatic carbocycles. The molecule has 0 unspecified atom stereocenters. The van der Waals surface area contributed by atoms with E-state index in [2.05, 4.69) is 4.90 Å². The molecule has 1 aromatic rings. The standard InChI is InChI=1S/C21H32N2O5S/c1-6-23(7-2)29(26,27)16-10-11-18(22-12-8-9-13-22)17(14-16)20(25)28-15-19(24)21(3,4)5/h10-11,14H,6-9,12-13,15H2,1-5H3. The topological polar surface area (TPSA) is 84.0 Å². The van der Waals surface area contributed by atoms with E-state index in [1.54, 1.807) is 46.8 Å². The SMILES string of the molecule is CCN(CC)S(=O)(=O)c1ccc(N2CCCC2)c(C(=O)OCC(=O)C(C)(C)C)c1. The highest BCUT2D eigenvalue weighted by Gasteiger charge is 2.28. The maximum absolute atomic E-state index is 12.9. The smallest absolute Gasteiger partial charge is 0.340 e. The fraction of sp³-hybridized carbons (Fsp3) is 0.619. The summed E-state index contributed by atoms with van der Waals surface area (Å²) in [6.45, 7) is 10.8. The number of Topliss-reactive ketones (excluding diaryl/α,β-unsaturated/α-hetero) is 1. The highest BCUT2D eigenvalue weighted by atomic mass is 32.2. The largest absolute Gasteiger partial charge is 0.454 e. The van der Waals surface area contributed by atoms with Gasteiger partial charge in [-0.3, -0.25) is 4.79 Å². The minimum Gasteiger partial charge on any atom is -0.454 e. The molecule has 1 fully saturated rings. The Labute approximate surface area is 174 Å². The minimum atomic E-state index is -3.71. The first kappa shape index (κ1) is 23.3. The second-order valence-corrected chi connectivity index (χ2v) is 10.1. The summed E-state index contributed by atoms with van der Waals surface area (Å²) in [6.07, 6.45) is 2.02. The quantitative estimate of drug-likeness (QED) is 0.596. The molecule has 0 amide bonds. The van der Waals surface area contributed by atoms with E-state index in [0.717, 1.165) is 25.9 Å². The summed E-state index contributed by atoms with van der Waals surface area (Å²) in [6, 6.07) is 4.59. The number of hydrogen-bond acceptors (Lipinski definition) is 6. The van der Waals surface area contributed by atoms with Gasteiger partial charge in [-0.05, 0) is 31.0 Å². The fourth-order valence-electron chi connectivity index (χ4n) is 3.21. The van der Waals surface area contributed by atoms with Crippen LogP contribution >= 0.6 is 0 Å². The maximum Gasteiger partial charge on any atom is 0.340 e. The van der Waals surface area contributed by atoms with Crippen molar-refractivity contribution in [3.8, 4) is 0 Å². The van der Waals surface area contributed by atoms with E-state index in [4.69, 9.17) is 4.74 Å². The Morgan fingerprint density at radius 2 is 1.69 bits per heavy atom. The number of ketones is 1. The molecular weight excluding hydrogens is 392 g/mol. The van der Waals surface area contributed by atoms with Gasteiger partial charge in [-0.15, -0.1) is 0 Å². The van der Waals surface area contributed by atoms with E-state index in [0.29, 0.717) is 18.8 Å². The lowest BCUT2D eigenvalue weighted by Gasteiger charge is -2.23. The molecule has 0 atom stereocenters. The minimum absolute atomic E-state index is 0.0539. The van der Waals surface area contributed by atoms with Crippen molar-refractivity contribution in [3.63, 3.8) is 0 Å². The van der Waals surface area contributed by atoms with Crippen LogP contribution in [0.5, 0.6) is 0 Å². The molecule has 0 N–H and O–H groups in total. The van der Waals surface area contributed by atoms with Gasteiger partial charge in [0.1, 0.15) is 0 Å². The molecule has 1 heterocycles. The summed E-state index contributed by atoms with van der Waals surface area (Å²) < 4.78 is 32.4. The number of rotatable bonds is 8. The van der Waals surface area contributed by atoms with Crippen molar-refractivity contribution in [2.75, 3.05) is 37.7 Å². The molecule has 1 aromatic carbocycles. The molecule has 7 nitrogen and oxygen atoms in total. The summed E-state index contributed by atoms with van der Waals surface area (Å²) in [7, 11) is -3.71. The Balaban J connectivity index is 2.40. The third-order valence-electron chi connectivity index (χ3n) is 5.15. The zero-order valence-electron chi connectivity index (χ0n) is 18.0. The Kier molecular flexibility index (Phi) is 7.45. The van der Waals surface area contributed by atoms with E-state index in [9.17, 15) is 18.0 Å². The number of sulfonamides is 1. The van der Waals surface area contributed by atoms with E-state index in [1.807, 2.05) is 0 Å². The number of anilines is 1. The van der Waals surface area contributed by atoms with Gasteiger partial charge in [0, 0.05) is 31.6 Å². The van der Waals surface area contributed by atoms with Gasteiger partial charge in [0.25, 0.3) is 0 Å². The summed E-state index contributed by atoms with van der Waals surface area (Å²) in [5, 5.41) is 0. The number of ether oxygens (including phenoxy) is 1. The first-order chi connectivity index (χ1) is 13.5. The third kappa shape index (κ3) is 5.36. The summed E-state index contributed by atoms with van der Waals surface area (Å²) in [4.78, 5) is 27.1. The van der Waals surface area contributed by atoms with Crippen LogP contribution in [0.4, 0.5) is 5.69 Å². The van der Waals surface area contributed by atoms with Crippen LogP contribution in [0.3, 0.4) is 0 Å². The molecule has 0 spiro atoms. The molecule has 0 aromatic heterocycles. The lowest BCUT2D eigenvalue weighted by atomic mass is 9.91. The molecule has 1 saturated heterocycles. The third-order valence-corrected chi connectivity index (χ3v) is 7.19. The van der Waals surface area contributed by atoms with Crippen LogP contribution in [0.25, 0.3) is 0 Å². The number of carbonyl (C=O) groups excluding carboxylic acids is 2. The van der Waals surface area contributed by atoms with E-state index < -0.39 is 21.4 Å².